The number of carbonyl (C=O) groups is 2. The van der Waals surface area contributed by atoms with Crippen molar-refractivity contribution in [1.29, 1.82) is 5.26 Å². The van der Waals surface area contributed by atoms with Gasteiger partial charge in [0.05, 0.1) is 11.3 Å². The van der Waals surface area contributed by atoms with E-state index >= 15 is 0 Å². The summed E-state index contributed by atoms with van der Waals surface area (Å²) in [5, 5.41) is 15.3. The highest BCUT2D eigenvalue weighted by atomic mass is 16.6. The van der Waals surface area contributed by atoms with Gasteiger partial charge in [-0.3, -0.25) is 4.79 Å². The number of amides is 2. The van der Waals surface area contributed by atoms with Gasteiger partial charge in [0.1, 0.15) is 17.7 Å². The predicted molar refractivity (Wildman–Crippen MR) is 124 cm³/mol. The van der Waals surface area contributed by atoms with Crippen LogP contribution in [0.1, 0.15) is 46.1 Å². The highest BCUT2D eigenvalue weighted by Crippen LogP contribution is 2.28. The minimum Gasteiger partial charge on any atom is -0.444 e. The van der Waals surface area contributed by atoms with Gasteiger partial charge in [-0.2, -0.15) is 5.26 Å². The molecule has 0 saturated carbocycles. The number of carbonyl (C=O) groups excluding carboxylic acids is 2. The van der Waals surface area contributed by atoms with Gasteiger partial charge in [0.2, 0.25) is 5.91 Å². The minimum atomic E-state index is -0.672. The summed E-state index contributed by atoms with van der Waals surface area (Å²) in [6.45, 7) is 8.43. The zero-order valence-electron chi connectivity index (χ0n) is 19.5. The molecule has 0 aliphatic carbocycles. The summed E-state index contributed by atoms with van der Waals surface area (Å²) in [5.74, 6) is 0.322. The summed E-state index contributed by atoms with van der Waals surface area (Å²) in [6, 6.07) is 8.82. The number of ether oxygens (including phenoxy) is 1. The first-order chi connectivity index (χ1) is 15.7. The van der Waals surface area contributed by atoms with Crippen LogP contribution >= 0.6 is 0 Å². The van der Waals surface area contributed by atoms with Crippen molar-refractivity contribution in [2.45, 2.75) is 58.2 Å². The molecule has 2 N–H and O–H groups in total. The Hall–Kier alpha value is -3.67. The number of nitriles is 1. The van der Waals surface area contributed by atoms with Crippen molar-refractivity contribution >= 4 is 17.7 Å². The van der Waals surface area contributed by atoms with E-state index in [0.29, 0.717) is 30.9 Å². The van der Waals surface area contributed by atoms with Crippen LogP contribution in [-0.2, 0) is 9.53 Å². The summed E-state index contributed by atoms with van der Waals surface area (Å²) >= 11 is 0. The predicted octanol–water partition coefficient (Wildman–Crippen LogP) is 3.01. The monoisotopic (exact) mass is 450 g/mol. The SMILES string of the molecule is CC[C@H](NC(=O)OC(C)(C)C)C(=O)N[C@H]1CCN(c2ccc(-c3ncccn3)cc2C#N)C1. The molecule has 1 fully saturated rings. The molecule has 1 saturated heterocycles. The number of hydrogen-bond acceptors (Lipinski definition) is 7. The number of anilines is 1. The van der Waals surface area contributed by atoms with Crippen LogP contribution in [0.3, 0.4) is 0 Å². The van der Waals surface area contributed by atoms with E-state index in [1.807, 2.05) is 19.1 Å². The van der Waals surface area contributed by atoms with Gasteiger partial charge in [-0.05, 0) is 57.9 Å². The van der Waals surface area contributed by atoms with E-state index in [0.717, 1.165) is 17.7 Å². The van der Waals surface area contributed by atoms with Crippen LogP contribution in [0.2, 0.25) is 0 Å². The highest BCUT2D eigenvalue weighted by molar-refractivity contribution is 5.86. The summed E-state index contributed by atoms with van der Waals surface area (Å²) < 4.78 is 5.25. The Balaban J connectivity index is 1.62. The van der Waals surface area contributed by atoms with Crippen molar-refractivity contribution < 1.29 is 14.3 Å². The summed E-state index contributed by atoms with van der Waals surface area (Å²) in [4.78, 5) is 35.3. The molecule has 2 amide bonds. The highest BCUT2D eigenvalue weighted by Gasteiger charge is 2.29. The fraction of sp³-hybridized carbons (Fsp3) is 0.458. The van der Waals surface area contributed by atoms with Gasteiger partial charge in [0.15, 0.2) is 5.82 Å². The molecule has 33 heavy (non-hydrogen) atoms. The maximum Gasteiger partial charge on any atom is 0.408 e. The minimum absolute atomic E-state index is 0.0873. The Morgan fingerprint density at radius 2 is 2.03 bits per heavy atom. The van der Waals surface area contributed by atoms with Gasteiger partial charge in [-0.25, -0.2) is 14.8 Å². The molecule has 0 unspecified atom stereocenters. The third-order valence-corrected chi connectivity index (χ3v) is 5.23. The molecule has 3 rings (SSSR count). The molecule has 1 aromatic heterocycles. The molecular formula is C24H30N6O3. The zero-order chi connectivity index (χ0) is 24.0. The fourth-order valence-electron chi connectivity index (χ4n) is 3.69. The second-order valence-corrected chi connectivity index (χ2v) is 8.96. The third-order valence-electron chi connectivity index (χ3n) is 5.23. The van der Waals surface area contributed by atoms with Gasteiger partial charge in [0.25, 0.3) is 0 Å². The van der Waals surface area contributed by atoms with Crippen LogP contribution in [0.5, 0.6) is 0 Å². The van der Waals surface area contributed by atoms with E-state index < -0.39 is 17.7 Å². The standard InChI is InChI=1S/C24H30N6O3/c1-5-19(29-23(32)33-24(2,3)4)22(31)28-18-9-12-30(15-18)20-8-7-16(13-17(20)14-25)21-26-10-6-11-27-21/h6-8,10-11,13,18-19H,5,9,12,15H2,1-4H3,(H,28,31)(H,29,32)/t18-,19-/m0/s1. The Kier molecular flexibility index (Phi) is 7.48. The Bertz CT molecular complexity index is 1030. The van der Waals surface area contributed by atoms with Crippen LogP contribution in [0.4, 0.5) is 10.5 Å². The van der Waals surface area contributed by atoms with Crippen LogP contribution in [0.25, 0.3) is 11.4 Å². The topological polar surface area (TPSA) is 120 Å². The van der Waals surface area contributed by atoms with E-state index in [4.69, 9.17) is 4.74 Å². The summed E-state index contributed by atoms with van der Waals surface area (Å²) in [5.41, 5.74) is 1.49. The van der Waals surface area contributed by atoms with Gasteiger partial charge in [-0.15, -0.1) is 0 Å². The fourth-order valence-corrected chi connectivity index (χ4v) is 3.69. The van der Waals surface area contributed by atoms with Gasteiger partial charge >= 0.3 is 6.09 Å². The average molecular weight is 451 g/mol. The van der Waals surface area contributed by atoms with Crippen LogP contribution in [-0.4, -0.2) is 52.7 Å². The van der Waals surface area contributed by atoms with E-state index in [9.17, 15) is 14.9 Å². The van der Waals surface area contributed by atoms with Crippen LogP contribution in [0, 0.1) is 11.3 Å². The van der Waals surface area contributed by atoms with E-state index in [2.05, 4.69) is 31.6 Å². The number of nitrogens with zero attached hydrogens (tertiary/aromatic N) is 4. The molecule has 2 heterocycles. The molecule has 174 valence electrons. The van der Waals surface area contributed by atoms with Crippen LogP contribution in [0.15, 0.2) is 36.7 Å². The summed E-state index contributed by atoms with van der Waals surface area (Å²) in [7, 11) is 0. The van der Waals surface area contributed by atoms with Crippen molar-refractivity contribution in [2.24, 2.45) is 0 Å². The van der Waals surface area contributed by atoms with Crippen molar-refractivity contribution in [3.05, 3.63) is 42.2 Å². The Morgan fingerprint density at radius 3 is 2.67 bits per heavy atom. The molecule has 1 aromatic carbocycles. The summed E-state index contributed by atoms with van der Waals surface area (Å²) in [6.07, 6.45) is 3.90. The smallest absolute Gasteiger partial charge is 0.408 e. The van der Waals surface area contributed by atoms with E-state index in [1.54, 1.807) is 45.3 Å². The number of aromatic nitrogens is 2. The number of benzene rings is 1. The lowest BCUT2D eigenvalue weighted by atomic mass is 10.1. The van der Waals surface area contributed by atoms with Crippen molar-refractivity contribution in [3.63, 3.8) is 0 Å². The number of nitrogens with one attached hydrogen (secondary N) is 2. The normalized spacial score (nSPS) is 16.6. The average Bonchev–Trinajstić information content (AvgIpc) is 3.24. The second-order valence-electron chi connectivity index (χ2n) is 8.96. The van der Waals surface area contributed by atoms with Crippen molar-refractivity contribution in [3.8, 4) is 17.5 Å². The maximum atomic E-state index is 12.7. The lowest BCUT2D eigenvalue weighted by Crippen LogP contribution is -2.50. The van der Waals surface area contributed by atoms with Gasteiger partial charge in [-0.1, -0.05) is 6.92 Å². The Morgan fingerprint density at radius 1 is 1.30 bits per heavy atom. The lowest BCUT2D eigenvalue weighted by Gasteiger charge is -2.24. The van der Waals surface area contributed by atoms with Crippen molar-refractivity contribution in [1.82, 2.24) is 20.6 Å². The first kappa shape index (κ1) is 24.0. The van der Waals surface area contributed by atoms with E-state index in [-0.39, 0.29) is 11.9 Å². The quantitative estimate of drug-likeness (QED) is 0.694. The zero-order valence-corrected chi connectivity index (χ0v) is 19.5. The maximum absolute atomic E-state index is 12.7. The molecule has 9 heteroatoms. The van der Waals surface area contributed by atoms with Gasteiger partial charge in [0, 0.05) is 37.1 Å². The number of alkyl carbamates (subject to hydrolysis) is 1. The molecule has 0 radical (unpaired) electrons. The molecule has 1 aliphatic rings. The molecule has 9 nitrogen and oxygen atoms in total. The largest absolute Gasteiger partial charge is 0.444 e. The molecule has 1 aliphatic heterocycles. The molecular weight excluding hydrogens is 420 g/mol. The van der Waals surface area contributed by atoms with E-state index in [1.165, 1.54) is 0 Å². The third kappa shape index (κ3) is 6.42. The molecule has 2 aromatic rings. The number of rotatable bonds is 6. The second kappa shape index (κ2) is 10.3. The molecule has 0 spiro atoms. The van der Waals surface area contributed by atoms with Crippen LogP contribution < -0.4 is 15.5 Å². The Labute approximate surface area is 194 Å². The molecule has 2 atom stereocenters. The van der Waals surface area contributed by atoms with Crippen molar-refractivity contribution in [2.75, 3.05) is 18.0 Å². The first-order valence-corrected chi connectivity index (χ1v) is 11.1. The first-order valence-electron chi connectivity index (χ1n) is 11.1. The lowest BCUT2D eigenvalue weighted by molar-refractivity contribution is -0.123. The number of hydrogen-bond donors (Lipinski definition) is 2. The molecule has 0 bridgehead atoms. The van der Waals surface area contributed by atoms with Gasteiger partial charge < -0.3 is 20.3 Å².